The van der Waals surface area contributed by atoms with Crippen molar-refractivity contribution in [1.29, 1.82) is 0 Å². The molecule has 1 aliphatic heterocycles. The molecule has 0 saturated carbocycles. The lowest BCUT2D eigenvalue weighted by Crippen LogP contribution is -2.23. The molecule has 132 valence electrons. The third-order valence-corrected chi connectivity index (χ3v) is 4.70. The van der Waals surface area contributed by atoms with Crippen LogP contribution in [0.1, 0.15) is 36.0 Å². The van der Waals surface area contributed by atoms with Crippen LogP contribution in [0.5, 0.6) is 0 Å². The van der Waals surface area contributed by atoms with Gasteiger partial charge >= 0.3 is 0 Å². The summed E-state index contributed by atoms with van der Waals surface area (Å²) in [5.41, 5.74) is 2.99. The van der Waals surface area contributed by atoms with Crippen molar-refractivity contribution >= 4 is 5.91 Å². The van der Waals surface area contributed by atoms with Crippen LogP contribution < -0.4 is 5.32 Å². The summed E-state index contributed by atoms with van der Waals surface area (Å²) in [5.74, 6) is -0.298. The number of nitrogens with one attached hydrogen (secondary N) is 1. The Labute approximate surface area is 148 Å². The molecule has 2 aromatic carbocycles. The molecule has 1 saturated heterocycles. The quantitative estimate of drug-likeness (QED) is 0.834. The van der Waals surface area contributed by atoms with Crippen molar-refractivity contribution in [3.8, 4) is 0 Å². The molecule has 0 spiro atoms. The fraction of sp³-hybridized carbons (Fsp3) is 0.381. The van der Waals surface area contributed by atoms with Crippen molar-refractivity contribution in [3.05, 3.63) is 71.0 Å². The van der Waals surface area contributed by atoms with E-state index >= 15 is 0 Å². The van der Waals surface area contributed by atoms with Crippen LogP contribution >= 0.6 is 0 Å². The molecule has 0 atom stereocenters. The van der Waals surface area contributed by atoms with Crippen molar-refractivity contribution in [3.63, 3.8) is 0 Å². The van der Waals surface area contributed by atoms with Gasteiger partial charge in [-0.25, -0.2) is 4.39 Å². The van der Waals surface area contributed by atoms with Crippen molar-refractivity contribution in [2.24, 2.45) is 0 Å². The number of aryl methyl sites for hydroxylation is 1. The fourth-order valence-corrected chi connectivity index (χ4v) is 3.20. The topological polar surface area (TPSA) is 32.3 Å². The SMILES string of the molecule is O=C(CCc1ccccc1F)NCc1ccc(CN2CCCC2)cc1. The van der Waals surface area contributed by atoms with Crippen LogP contribution in [-0.4, -0.2) is 23.9 Å². The predicted octanol–water partition coefficient (Wildman–Crippen LogP) is 3.67. The third-order valence-electron chi connectivity index (χ3n) is 4.70. The normalized spacial score (nSPS) is 14.6. The lowest BCUT2D eigenvalue weighted by atomic mass is 10.1. The van der Waals surface area contributed by atoms with Crippen LogP contribution in [0.15, 0.2) is 48.5 Å². The van der Waals surface area contributed by atoms with Gasteiger partial charge in [-0.1, -0.05) is 42.5 Å². The molecule has 25 heavy (non-hydrogen) atoms. The smallest absolute Gasteiger partial charge is 0.220 e. The van der Waals surface area contributed by atoms with E-state index in [9.17, 15) is 9.18 Å². The van der Waals surface area contributed by atoms with Gasteiger partial charge in [0, 0.05) is 19.5 Å². The van der Waals surface area contributed by atoms with Crippen molar-refractivity contribution in [2.75, 3.05) is 13.1 Å². The van der Waals surface area contributed by atoms with Gasteiger partial charge in [0.25, 0.3) is 0 Å². The summed E-state index contributed by atoms with van der Waals surface area (Å²) in [7, 11) is 0. The maximum Gasteiger partial charge on any atom is 0.220 e. The van der Waals surface area contributed by atoms with Crippen molar-refractivity contribution < 1.29 is 9.18 Å². The van der Waals surface area contributed by atoms with Crippen LogP contribution in [0.2, 0.25) is 0 Å². The monoisotopic (exact) mass is 340 g/mol. The van der Waals surface area contributed by atoms with E-state index in [1.807, 2.05) is 0 Å². The lowest BCUT2D eigenvalue weighted by molar-refractivity contribution is -0.121. The Kier molecular flexibility index (Phi) is 6.18. The molecule has 0 unspecified atom stereocenters. The highest BCUT2D eigenvalue weighted by Gasteiger charge is 2.11. The zero-order valence-corrected chi connectivity index (χ0v) is 14.5. The average molecular weight is 340 g/mol. The number of amides is 1. The predicted molar refractivity (Wildman–Crippen MR) is 97.5 cm³/mol. The molecule has 3 nitrogen and oxygen atoms in total. The summed E-state index contributed by atoms with van der Waals surface area (Å²) in [4.78, 5) is 14.4. The summed E-state index contributed by atoms with van der Waals surface area (Å²) >= 11 is 0. The van der Waals surface area contributed by atoms with E-state index in [2.05, 4.69) is 34.5 Å². The third kappa shape index (κ3) is 5.40. The van der Waals surface area contributed by atoms with E-state index in [1.165, 1.54) is 37.6 Å². The van der Waals surface area contributed by atoms with Gasteiger partial charge in [0.15, 0.2) is 0 Å². The summed E-state index contributed by atoms with van der Waals surface area (Å²) in [6, 6.07) is 15.0. The Hall–Kier alpha value is -2.20. The highest BCUT2D eigenvalue weighted by atomic mass is 19.1. The van der Waals surface area contributed by atoms with E-state index in [-0.39, 0.29) is 11.7 Å². The van der Waals surface area contributed by atoms with E-state index in [1.54, 1.807) is 18.2 Å². The Morgan fingerprint density at radius 2 is 1.68 bits per heavy atom. The first kappa shape index (κ1) is 17.6. The Morgan fingerprint density at radius 3 is 2.40 bits per heavy atom. The van der Waals surface area contributed by atoms with Gasteiger partial charge in [0.1, 0.15) is 5.82 Å². The zero-order valence-electron chi connectivity index (χ0n) is 14.5. The van der Waals surface area contributed by atoms with Crippen LogP contribution in [0.4, 0.5) is 4.39 Å². The number of rotatable bonds is 7. The first-order valence-electron chi connectivity index (χ1n) is 9.01. The number of hydrogen-bond donors (Lipinski definition) is 1. The molecule has 1 heterocycles. The highest BCUT2D eigenvalue weighted by Crippen LogP contribution is 2.13. The number of hydrogen-bond acceptors (Lipinski definition) is 2. The number of halogens is 1. The highest BCUT2D eigenvalue weighted by molar-refractivity contribution is 5.76. The van der Waals surface area contributed by atoms with E-state index in [4.69, 9.17) is 0 Å². The summed E-state index contributed by atoms with van der Waals surface area (Å²) in [6.07, 6.45) is 3.33. The molecular formula is C21H25FN2O. The number of carbonyl (C=O) groups excluding carboxylic acids is 1. The van der Waals surface area contributed by atoms with Crippen molar-refractivity contribution in [2.45, 2.75) is 38.8 Å². The summed E-state index contributed by atoms with van der Waals surface area (Å²) in [6.45, 7) is 3.91. The lowest BCUT2D eigenvalue weighted by Gasteiger charge is -2.14. The van der Waals surface area contributed by atoms with Crippen LogP contribution in [0, 0.1) is 5.82 Å². The minimum Gasteiger partial charge on any atom is -0.352 e. The van der Waals surface area contributed by atoms with E-state index in [0.29, 0.717) is 24.9 Å². The average Bonchev–Trinajstić information content (AvgIpc) is 3.13. The summed E-state index contributed by atoms with van der Waals surface area (Å²) in [5, 5.41) is 2.91. The molecule has 1 fully saturated rings. The molecule has 2 aromatic rings. The molecule has 3 rings (SSSR count). The van der Waals surface area contributed by atoms with Gasteiger partial charge in [0.2, 0.25) is 5.91 Å². The second kappa shape index (κ2) is 8.77. The largest absolute Gasteiger partial charge is 0.352 e. The first-order valence-corrected chi connectivity index (χ1v) is 9.01. The molecule has 1 N–H and O–H groups in total. The standard InChI is InChI=1S/C21H25FN2O/c22-20-6-2-1-5-19(20)11-12-21(25)23-15-17-7-9-18(10-8-17)16-24-13-3-4-14-24/h1-2,5-10H,3-4,11-16H2,(H,23,25). The van der Waals surface area contributed by atoms with Gasteiger partial charge in [-0.2, -0.15) is 0 Å². The molecular weight excluding hydrogens is 315 g/mol. The Balaban J connectivity index is 1.41. The minimum atomic E-state index is -0.246. The van der Waals surface area contributed by atoms with Gasteiger partial charge in [-0.3, -0.25) is 9.69 Å². The van der Waals surface area contributed by atoms with Gasteiger partial charge in [-0.05, 0) is 55.1 Å². The Bertz CT molecular complexity index is 693. The minimum absolute atomic E-state index is 0.0515. The van der Waals surface area contributed by atoms with Gasteiger partial charge in [-0.15, -0.1) is 0 Å². The number of carbonyl (C=O) groups is 1. The second-order valence-corrected chi connectivity index (χ2v) is 6.67. The Morgan fingerprint density at radius 1 is 1.00 bits per heavy atom. The van der Waals surface area contributed by atoms with E-state index in [0.717, 1.165) is 12.1 Å². The maximum absolute atomic E-state index is 13.5. The van der Waals surface area contributed by atoms with Gasteiger partial charge < -0.3 is 5.32 Å². The second-order valence-electron chi connectivity index (χ2n) is 6.67. The first-order chi connectivity index (χ1) is 12.2. The number of nitrogens with zero attached hydrogens (tertiary/aromatic N) is 1. The summed E-state index contributed by atoms with van der Waals surface area (Å²) < 4.78 is 13.5. The van der Waals surface area contributed by atoms with Crippen LogP contribution in [0.25, 0.3) is 0 Å². The maximum atomic E-state index is 13.5. The molecule has 4 heteroatoms. The molecule has 1 amide bonds. The molecule has 0 radical (unpaired) electrons. The number of likely N-dealkylation sites (tertiary alicyclic amines) is 1. The molecule has 1 aliphatic rings. The molecule has 0 aliphatic carbocycles. The van der Waals surface area contributed by atoms with Crippen LogP contribution in [0.3, 0.4) is 0 Å². The molecule has 0 aromatic heterocycles. The fourth-order valence-electron chi connectivity index (χ4n) is 3.20. The zero-order chi connectivity index (χ0) is 17.5. The molecule has 0 bridgehead atoms. The van der Waals surface area contributed by atoms with Crippen molar-refractivity contribution in [1.82, 2.24) is 10.2 Å². The number of benzene rings is 2. The van der Waals surface area contributed by atoms with Crippen LogP contribution in [-0.2, 0) is 24.3 Å². The van der Waals surface area contributed by atoms with E-state index < -0.39 is 0 Å². The van der Waals surface area contributed by atoms with Gasteiger partial charge in [0.05, 0.1) is 0 Å².